The van der Waals surface area contributed by atoms with Crippen LogP contribution in [0, 0.1) is 0 Å². The van der Waals surface area contributed by atoms with Crippen LogP contribution in [0.5, 0.6) is 0 Å². The van der Waals surface area contributed by atoms with Crippen molar-refractivity contribution < 1.29 is 9.59 Å². The van der Waals surface area contributed by atoms with Gasteiger partial charge in [-0.2, -0.15) is 0 Å². The zero-order valence-electron chi connectivity index (χ0n) is 11.7. The fraction of sp³-hybridized carbons (Fsp3) is 0.267. The first-order chi connectivity index (χ1) is 10.1. The highest BCUT2D eigenvalue weighted by Gasteiger charge is 2.29. The van der Waals surface area contributed by atoms with Crippen molar-refractivity contribution in [3.05, 3.63) is 43.0 Å². The second kappa shape index (κ2) is 5.40. The van der Waals surface area contributed by atoms with E-state index < -0.39 is 0 Å². The first-order valence-electron chi connectivity index (χ1n) is 6.82. The van der Waals surface area contributed by atoms with E-state index >= 15 is 0 Å². The lowest BCUT2D eigenvalue weighted by Crippen LogP contribution is -2.40. The molecule has 1 aliphatic rings. The van der Waals surface area contributed by atoms with Gasteiger partial charge < -0.3 is 14.8 Å². The number of amides is 2. The Labute approximate surface area is 122 Å². The summed E-state index contributed by atoms with van der Waals surface area (Å²) in [6.07, 6.45) is 5.27. The van der Waals surface area contributed by atoms with E-state index in [1.165, 1.54) is 0 Å². The molecule has 6 heteroatoms. The molecule has 1 aromatic heterocycles. The predicted octanol–water partition coefficient (Wildman–Crippen LogP) is 1.65. The summed E-state index contributed by atoms with van der Waals surface area (Å²) in [5, 5.41) is 2.84. The molecule has 3 rings (SSSR count). The molecule has 1 N–H and O–H groups in total. The number of rotatable bonds is 2. The summed E-state index contributed by atoms with van der Waals surface area (Å²) in [5.74, 6) is -0.141. The van der Waals surface area contributed by atoms with Crippen LogP contribution in [0.25, 0.3) is 0 Å². The highest BCUT2D eigenvalue weighted by Crippen LogP contribution is 2.31. The largest absolute Gasteiger partial charge is 0.328 e. The molecule has 2 heterocycles. The summed E-state index contributed by atoms with van der Waals surface area (Å²) in [6, 6.07) is 7.17. The molecule has 1 aromatic carbocycles. The summed E-state index contributed by atoms with van der Waals surface area (Å²) in [4.78, 5) is 30.1. The summed E-state index contributed by atoms with van der Waals surface area (Å²) in [5.41, 5.74) is 1.41. The lowest BCUT2D eigenvalue weighted by molar-refractivity contribution is -0.119. The Kier molecular flexibility index (Phi) is 3.43. The average molecular weight is 284 g/mol. The average Bonchev–Trinajstić information content (AvgIpc) is 2.89. The van der Waals surface area contributed by atoms with Crippen LogP contribution in [-0.2, 0) is 16.1 Å². The molecule has 1 unspecified atom stereocenters. The van der Waals surface area contributed by atoms with E-state index in [4.69, 9.17) is 0 Å². The van der Waals surface area contributed by atoms with Crippen molar-refractivity contribution >= 4 is 23.2 Å². The van der Waals surface area contributed by atoms with Crippen LogP contribution in [0.2, 0.25) is 0 Å². The first kappa shape index (κ1) is 13.4. The van der Waals surface area contributed by atoms with Crippen molar-refractivity contribution in [3.8, 4) is 0 Å². The zero-order valence-corrected chi connectivity index (χ0v) is 11.7. The molecule has 0 aliphatic carbocycles. The van der Waals surface area contributed by atoms with Crippen LogP contribution in [0.4, 0.5) is 11.4 Å². The van der Waals surface area contributed by atoms with Crippen molar-refractivity contribution in [3.63, 3.8) is 0 Å². The maximum Gasteiger partial charge on any atom is 0.247 e. The number of aromatic nitrogens is 2. The molecular formula is C15H16N4O2. The maximum absolute atomic E-state index is 12.6. The van der Waals surface area contributed by atoms with E-state index in [-0.39, 0.29) is 30.8 Å². The van der Waals surface area contributed by atoms with Gasteiger partial charge in [0.05, 0.1) is 17.7 Å². The Morgan fingerprint density at radius 2 is 2.24 bits per heavy atom. The van der Waals surface area contributed by atoms with E-state index in [0.717, 1.165) is 5.69 Å². The van der Waals surface area contributed by atoms with Crippen LogP contribution in [-0.4, -0.2) is 27.4 Å². The standard InChI is InChI=1S/C15H16N4O2/c1-11-8-14(20)17-12-4-2-3-5-13(12)19(11)15(21)9-18-7-6-16-10-18/h2-7,10-11H,8-9H2,1H3,(H,17,20). The lowest BCUT2D eigenvalue weighted by Gasteiger charge is -2.28. The van der Waals surface area contributed by atoms with Gasteiger partial charge >= 0.3 is 0 Å². The summed E-state index contributed by atoms with van der Waals surface area (Å²) in [7, 11) is 0. The molecule has 0 fully saturated rings. The highest BCUT2D eigenvalue weighted by molar-refractivity contribution is 6.04. The number of benzene rings is 1. The van der Waals surface area contributed by atoms with Crippen molar-refractivity contribution in [1.29, 1.82) is 0 Å². The van der Waals surface area contributed by atoms with Crippen molar-refractivity contribution in [2.24, 2.45) is 0 Å². The van der Waals surface area contributed by atoms with Crippen LogP contribution in [0.3, 0.4) is 0 Å². The number of para-hydroxylation sites is 2. The summed E-state index contributed by atoms with van der Waals surface area (Å²) >= 11 is 0. The molecule has 0 spiro atoms. The third kappa shape index (κ3) is 2.65. The Morgan fingerprint density at radius 3 is 3.00 bits per heavy atom. The molecule has 2 amide bonds. The van der Waals surface area contributed by atoms with Gasteiger partial charge in [0.1, 0.15) is 6.54 Å². The van der Waals surface area contributed by atoms with Crippen LogP contribution >= 0.6 is 0 Å². The molecule has 0 radical (unpaired) electrons. The van der Waals surface area contributed by atoms with Crippen LogP contribution in [0.15, 0.2) is 43.0 Å². The van der Waals surface area contributed by atoms with Gasteiger partial charge in [-0.15, -0.1) is 0 Å². The van der Waals surface area contributed by atoms with Crippen LogP contribution < -0.4 is 10.2 Å². The SMILES string of the molecule is CC1CC(=O)Nc2ccccc2N1C(=O)Cn1ccnc1. The monoisotopic (exact) mass is 284 g/mol. The number of imidazole rings is 1. The fourth-order valence-electron chi connectivity index (χ4n) is 2.58. The van der Waals surface area contributed by atoms with Crippen molar-refractivity contribution in [2.45, 2.75) is 25.9 Å². The highest BCUT2D eigenvalue weighted by atomic mass is 16.2. The minimum Gasteiger partial charge on any atom is -0.328 e. The molecule has 6 nitrogen and oxygen atoms in total. The Balaban J connectivity index is 1.95. The number of carbonyl (C=O) groups is 2. The second-order valence-electron chi connectivity index (χ2n) is 5.12. The minimum atomic E-state index is -0.190. The Hall–Kier alpha value is -2.63. The van der Waals surface area contributed by atoms with E-state index in [2.05, 4.69) is 10.3 Å². The molecule has 108 valence electrons. The maximum atomic E-state index is 12.6. The minimum absolute atomic E-state index is 0.0653. The Morgan fingerprint density at radius 1 is 1.43 bits per heavy atom. The molecule has 2 aromatic rings. The number of hydrogen-bond acceptors (Lipinski definition) is 3. The van der Waals surface area contributed by atoms with Gasteiger partial charge in [0, 0.05) is 24.9 Å². The van der Waals surface area contributed by atoms with Gasteiger partial charge in [0.2, 0.25) is 11.8 Å². The molecular weight excluding hydrogens is 268 g/mol. The molecule has 0 saturated carbocycles. The van der Waals surface area contributed by atoms with Crippen molar-refractivity contribution in [2.75, 3.05) is 10.2 Å². The first-order valence-corrected chi connectivity index (χ1v) is 6.82. The van der Waals surface area contributed by atoms with E-state index in [1.807, 2.05) is 31.2 Å². The number of fused-ring (bicyclic) bond motifs is 1. The van der Waals surface area contributed by atoms with Gasteiger partial charge in [-0.25, -0.2) is 4.98 Å². The predicted molar refractivity (Wildman–Crippen MR) is 78.9 cm³/mol. The van der Waals surface area contributed by atoms with Crippen LogP contribution in [0.1, 0.15) is 13.3 Å². The Bertz CT molecular complexity index is 666. The van der Waals surface area contributed by atoms with Gasteiger partial charge in [0.25, 0.3) is 0 Å². The molecule has 0 bridgehead atoms. The quantitative estimate of drug-likeness (QED) is 0.911. The fourth-order valence-corrected chi connectivity index (χ4v) is 2.58. The van der Waals surface area contributed by atoms with Gasteiger partial charge in [0.15, 0.2) is 0 Å². The third-order valence-corrected chi connectivity index (χ3v) is 3.50. The van der Waals surface area contributed by atoms with Gasteiger partial charge in [-0.1, -0.05) is 12.1 Å². The number of hydrogen-bond donors (Lipinski definition) is 1. The number of nitrogens with one attached hydrogen (secondary N) is 1. The second-order valence-corrected chi connectivity index (χ2v) is 5.12. The normalized spacial score (nSPS) is 17.9. The number of nitrogens with zero attached hydrogens (tertiary/aromatic N) is 3. The van der Waals surface area contributed by atoms with E-state index in [0.29, 0.717) is 5.69 Å². The third-order valence-electron chi connectivity index (χ3n) is 3.50. The van der Waals surface area contributed by atoms with Crippen molar-refractivity contribution in [1.82, 2.24) is 9.55 Å². The molecule has 1 atom stereocenters. The van der Waals surface area contributed by atoms with Gasteiger partial charge in [-0.05, 0) is 19.1 Å². The van der Waals surface area contributed by atoms with E-state index in [1.54, 1.807) is 28.2 Å². The molecule has 21 heavy (non-hydrogen) atoms. The number of anilines is 2. The van der Waals surface area contributed by atoms with E-state index in [9.17, 15) is 9.59 Å². The lowest BCUT2D eigenvalue weighted by atomic mass is 10.1. The zero-order chi connectivity index (χ0) is 14.8. The topological polar surface area (TPSA) is 67.2 Å². The van der Waals surface area contributed by atoms with Gasteiger partial charge in [-0.3, -0.25) is 9.59 Å². The summed E-state index contributed by atoms with van der Waals surface area (Å²) in [6.45, 7) is 2.08. The summed E-state index contributed by atoms with van der Waals surface area (Å²) < 4.78 is 1.72. The molecule has 1 aliphatic heterocycles. The number of carbonyl (C=O) groups excluding carboxylic acids is 2. The smallest absolute Gasteiger partial charge is 0.247 e. The molecule has 0 saturated heterocycles.